The molecule has 1 aliphatic rings. The molecule has 1 aromatic carbocycles. The molecule has 1 fully saturated rings. The summed E-state index contributed by atoms with van der Waals surface area (Å²) in [6, 6.07) is 5.57. The molecule has 0 aromatic heterocycles. The molecule has 25 heavy (non-hydrogen) atoms. The molecule has 1 aliphatic heterocycles. The molecule has 140 valence electrons. The number of nitrogens with zero attached hydrogens (tertiary/aromatic N) is 2. The number of ether oxygens (including phenoxy) is 1. The number of carbonyl (C=O) groups is 1. The third-order valence-electron chi connectivity index (χ3n) is 3.98. The standard InChI is InChI=1S/C16H24ClN3O4S/c1-13(16(21)18-6-7-19-8-10-24-11-9-19)20(25(2,22)23)15-5-3-4-14(17)12-15/h3-5,12-13H,6-11H2,1-2H3,(H,18,21). The predicted octanol–water partition coefficient (Wildman–Crippen LogP) is 0.943. The quantitative estimate of drug-likeness (QED) is 0.751. The van der Waals surface area contributed by atoms with Crippen molar-refractivity contribution >= 4 is 33.2 Å². The zero-order chi connectivity index (χ0) is 18.4. The third-order valence-corrected chi connectivity index (χ3v) is 5.46. The number of hydrogen-bond donors (Lipinski definition) is 1. The van der Waals surface area contributed by atoms with Crippen molar-refractivity contribution in [3.05, 3.63) is 29.3 Å². The van der Waals surface area contributed by atoms with Gasteiger partial charge >= 0.3 is 0 Å². The van der Waals surface area contributed by atoms with E-state index in [0.717, 1.165) is 23.7 Å². The predicted molar refractivity (Wildman–Crippen MR) is 98.5 cm³/mol. The molecule has 1 N–H and O–H groups in total. The lowest BCUT2D eigenvalue weighted by molar-refractivity contribution is -0.121. The Bertz CT molecular complexity index is 692. The smallest absolute Gasteiger partial charge is 0.243 e. The number of anilines is 1. The van der Waals surface area contributed by atoms with E-state index in [1.807, 2.05) is 0 Å². The number of amides is 1. The number of rotatable bonds is 7. The summed E-state index contributed by atoms with van der Waals surface area (Å²) in [6.07, 6.45) is 1.07. The minimum Gasteiger partial charge on any atom is -0.379 e. The van der Waals surface area contributed by atoms with Gasteiger partial charge in [0.1, 0.15) is 6.04 Å². The first-order valence-corrected chi connectivity index (χ1v) is 10.3. The molecule has 1 saturated heterocycles. The Morgan fingerprint density at radius 3 is 2.68 bits per heavy atom. The summed E-state index contributed by atoms with van der Waals surface area (Å²) in [5, 5.41) is 3.21. The van der Waals surface area contributed by atoms with Crippen molar-refractivity contribution in [3.8, 4) is 0 Å². The van der Waals surface area contributed by atoms with Crippen molar-refractivity contribution < 1.29 is 17.9 Å². The van der Waals surface area contributed by atoms with Gasteiger partial charge in [-0.15, -0.1) is 0 Å². The van der Waals surface area contributed by atoms with Gasteiger partial charge in [0.05, 0.1) is 25.2 Å². The van der Waals surface area contributed by atoms with E-state index in [1.54, 1.807) is 25.1 Å². The summed E-state index contributed by atoms with van der Waals surface area (Å²) >= 11 is 5.96. The molecular formula is C16H24ClN3O4S. The number of nitrogens with one attached hydrogen (secondary N) is 1. The SMILES string of the molecule is CC(C(=O)NCCN1CCOCC1)N(c1cccc(Cl)c1)S(C)(=O)=O. The van der Waals surface area contributed by atoms with E-state index in [2.05, 4.69) is 10.2 Å². The molecule has 7 nitrogen and oxygen atoms in total. The van der Waals surface area contributed by atoms with Crippen LogP contribution in [0.15, 0.2) is 24.3 Å². The fourth-order valence-corrected chi connectivity index (χ4v) is 4.08. The molecule has 1 unspecified atom stereocenters. The highest BCUT2D eigenvalue weighted by atomic mass is 35.5. The van der Waals surface area contributed by atoms with Crippen LogP contribution in [0.2, 0.25) is 5.02 Å². The van der Waals surface area contributed by atoms with E-state index >= 15 is 0 Å². The van der Waals surface area contributed by atoms with Crippen molar-refractivity contribution in [2.75, 3.05) is 50.0 Å². The maximum atomic E-state index is 12.4. The van der Waals surface area contributed by atoms with Gasteiger partial charge in [-0.25, -0.2) is 8.42 Å². The van der Waals surface area contributed by atoms with Crippen molar-refractivity contribution in [2.45, 2.75) is 13.0 Å². The lowest BCUT2D eigenvalue weighted by atomic mass is 10.2. The largest absolute Gasteiger partial charge is 0.379 e. The molecule has 1 heterocycles. The topological polar surface area (TPSA) is 79.0 Å². The fourth-order valence-electron chi connectivity index (χ4n) is 2.73. The molecule has 0 saturated carbocycles. The molecule has 1 amide bonds. The molecule has 0 spiro atoms. The van der Waals surface area contributed by atoms with Crippen LogP contribution in [0.4, 0.5) is 5.69 Å². The van der Waals surface area contributed by atoms with Gasteiger partial charge in [-0.2, -0.15) is 0 Å². The Kier molecular flexibility index (Phi) is 7.06. The Balaban J connectivity index is 2.00. The second-order valence-electron chi connectivity index (χ2n) is 5.96. The van der Waals surface area contributed by atoms with E-state index in [1.165, 1.54) is 6.07 Å². The highest BCUT2D eigenvalue weighted by molar-refractivity contribution is 7.92. The number of benzene rings is 1. The van der Waals surface area contributed by atoms with E-state index in [9.17, 15) is 13.2 Å². The van der Waals surface area contributed by atoms with Gasteiger partial charge in [0.25, 0.3) is 0 Å². The molecule has 0 radical (unpaired) electrons. The first-order valence-electron chi connectivity index (χ1n) is 8.12. The minimum absolute atomic E-state index is 0.348. The van der Waals surface area contributed by atoms with Crippen LogP contribution in [-0.4, -0.2) is 70.9 Å². The average Bonchev–Trinajstić information content (AvgIpc) is 2.54. The van der Waals surface area contributed by atoms with E-state index in [-0.39, 0.29) is 5.91 Å². The minimum atomic E-state index is -3.64. The van der Waals surface area contributed by atoms with Crippen LogP contribution in [0.1, 0.15) is 6.92 Å². The summed E-state index contributed by atoms with van der Waals surface area (Å²) < 4.78 is 30.7. The van der Waals surface area contributed by atoms with Gasteiger partial charge < -0.3 is 10.1 Å². The van der Waals surface area contributed by atoms with E-state index < -0.39 is 16.1 Å². The first-order chi connectivity index (χ1) is 11.8. The molecule has 1 atom stereocenters. The second kappa shape index (κ2) is 8.84. The molecule has 0 bridgehead atoms. The van der Waals surface area contributed by atoms with Crippen molar-refractivity contribution in [2.24, 2.45) is 0 Å². The summed E-state index contributed by atoms with van der Waals surface area (Å²) in [5.41, 5.74) is 0.367. The van der Waals surface area contributed by atoms with E-state index in [0.29, 0.717) is 37.0 Å². The summed E-state index contributed by atoms with van der Waals surface area (Å²) in [4.78, 5) is 14.6. The van der Waals surface area contributed by atoms with Crippen LogP contribution in [0.3, 0.4) is 0 Å². The van der Waals surface area contributed by atoms with Gasteiger partial charge in [0.2, 0.25) is 15.9 Å². The second-order valence-corrected chi connectivity index (χ2v) is 8.26. The Morgan fingerprint density at radius 2 is 2.08 bits per heavy atom. The summed E-state index contributed by atoms with van der Waals surface area (Å²) in [5.74, 6) is -0.348. The Labute approximate surface area is 153 Å². The van der Waals surface area contributed by atoms with Crippen molar-refractivity contribution in [3.63, 3.8) is 0 Å². The molecule has 2 rings (SSSR count). The zero-order valence-electron chi connectivity index (χ0n) is 14.4. The van der Waals surface area contributed by atoms with Gasteiger partial charge in [-0.1, -0.05) is 17.7 Å². The van der Waals surface area contributed by atoms with Gasteiger partial charge in [-0.3, -0.25) is 14.0 Å². The van der Waals surface area contributed by atoms with Gasteiger partial charge in [0.15, 0.2) is 0 Å². The monoisotopic (exact) mass is 389 g/mol. The maximum Gasteiger partial charge on any atom is 0.243 e. The van der Waals surface area contributed by atoms with Crippen LogP contribution >= 0.6 is 11.6 Å². The summed E-state index contributed by atoms with van der Waals surface area (Å²) in [6.45, 7) is 5.79. The summed E-state index contributed by atoms with van der Waals surface area (Å²) in [7, 11) is -3.64. The van der Waals surface area contributed by atoms with Crippen LogP contribution in [0.25, 0.3) is 0 Å². The Hall–Kier alpha value is -1.35. The van der Waals surface area contributed by atoms with Gasteiger partial charge in [-0.05, 0) is 25.1 Å². The average molecular weight is 390 g/mol. The molecular weight excluding hydrogens is 366 g/mol. The molecule has 0 aliphatic carbocycles. The fraction of sp³-hybridized carbons (Fsp3) is 0.562. The Morgan fingerprint density at radius 1 is 1.40 bits per heavy atom. The third kappa shape index (κ3) is 5.85. The first kappa shape index (κ1) is 20.0. The number of carbonyl (C=O) groups excluding carboxylic acids is 1. The number of morpholine rings is 1. The van der Waals surface area contributed by atoms with Gasteiger partial charge in [0, 0.05) is 31.2 Å². The van der Waals surface area contributed by atoms with Crippen LogP contribution in [0.5, 0.6) is 0 Å². The zero-order valence-corrected chi connectivity index (χ0v) is 16.0. The van der Waals surface area contributed by atoms with Crippen molar-refractivity contribution in [1.29, 1.82) is 0 Å². The number of halogens is 1. The number of hydrogen-bond acceptors (Lipinski definition) is 5. The van der Waals surface area contributed by atoms with Crippen LogP contribution < -0.4 is 9.62 Å². The number of sulfonamides is 1. The highest BCUT2D eigenvalue weighted by Gasteiger charge is 2.29. The van der Waals surface area contributed by atoms with E-state index in [4.69, 9.17) is 16.3 Å². The van der Waals surface area contributed by atoms with Crippen molar-refractivity contribution in [1.82, 2.24) is 10.2 Å². The maximum absolute atomic E-state index is 12.4. The van der Waals surface area contributed by atoms with Crippen LogP contribution in [0, 0.1) is 0 Å². The normalized spacial score (nSPS) is 17.1. The highest BCUT2D eigenvalue weighted by Crippen LogP contribution is 2.24. The van der Waals surface area contributed by atoms with Crippen LogP contribution in [-0.2, 0) is 19.6 Å². The molecule has 9 heteroatoms. The lowest BCUT2D eigenvalue weighted by Gasteiger charge is -2.29. The lowest BCUT2D eigenvalue weighted by Crippen LogP contribution is -2.49. The molecule has 1 aromatic rings.